The van der Waals surface area contributed by atoms with Crippen molar-refractivity contribution in [3.8, 4) is 11.5 Å². The second-order valence-electron chi connectivity index (χ2n) is 4.47. The molecule has 0 aliphatic carbocycles. The molecule has 0 amide bonds. The Morgan fingerprint density at radius 1 is 1.19 bits per heavy atom. The molecule has 0 aromatic heterocycles. The number of carbonyl (C=O) groups is 1. The summed E-state index contributed by atoms with van der Waals surface area (Å²) in [6.07, 6.45) is 0. The molecule has 0 radical (unpaired) electrons. The molecule has 0 unspecified atom stereocenters. The maximum atomic E-state index is 13.1. The molecule has 21 heavy (non-hydrogen) atoms. The van der Waals surface area contributed by atoms with E-state index in [1.807, 2.05) is 0 Å². The van der Waals surface area contributed by atoms with Gasteiger partial charge in [0.05, 0.1) is 12.1 Å². The SMILES string of the molecule is COc1ccc(C(=O)COc2cc(F)ccc2C)cc1Cl. The summed E-state index contributed by atoms with van der Waals surface area (Å²) >= 11 is 5.97. The Labute approximate surface area is 127 Å². The van der Waals surface area contributed by atoms with Gasteiger partial charge in [0.15, 0.2) is 12.4 Å². The molecule has 0 aliphatic rings. The molecular formula is C16H14ClFO3. The molecule has 0 atom stereocenters. The van der Waals surface area contributed by atoms with Crippen molar-refractivity contribution in [1.82, 2.24) is 0 Å². The summed E-state index contributed by atoms with van der Waals surface area (Å²) in [5.41, 5.74) is 1.17. The van der Waals surface area contributed by atoms with Gasteiger partial charge in [0.2, 0.25) is 0 Å². The minimum atomic E-state index is -0.407. The van der Waals surface area contributed by atoms with Gasteiger partial charge in [0.25, 0.3) is 0 Å². The van der Waals surface area contributed by atoms with Crippen LogP contribution in [0, 0.1) is 12.7 Å². The summed E-state index contributed by atoms with van der Waals surface area (Å²) in [5, 5.41) is 0.352. The van der Waals surface area contributed by atoms with Gasteiger partial charge >= 0.3 is 0 Å². The van der Waals surface area contributed by atoms with E-state index in [-0.39, 0.29) is 12.4 Å². The van der Waals surface area contributed by atoms with Crippen LogP contribution < -0.4 is 9.47 Å². The first kappa shape index (κ1) is 15.3. The maximum absolute atomic E-state index is 13.1. The van der Waals surface area contributed by atoms with E-state index >= 15 is 0 Å². The third-order valence-corrected chi connectivity index (χ3v) is 3.28. The van der Waals surface area contributed by atoms with Gasteiger partial charge in [-0.3, -0.25) is 4.79 Å². The Hall–Kier alpha value is -2.07. The fourth-order valence-corrected chi connectivity index (χ4v) is 2.05. The molecule has 0 N–H and O–H groups in total. The lowest BCUT2D eigenvalue weighted by Gasteiger charge is -2.09. The lowest BCUT2D eigenvalue weighted by atomic mass is 10.1. The number of benzene rings is 2. The van der Waals surface area contributed by atoms with Crippen molar-refractivity contribution in [2.24, 2.45) is 0 Å². The molecule has 3 nitrogen and oxygen atoms in total. The van der Waals surface area contributed by atoms with Crippen LogP contribution in [0.3, 0.4) is 0 Å². The van der Waals surface area contributed by atoms with Crippen LogP contribution in [0.4, 0.5) is 4.39 Å². The van der Waals surface area contributed by atoms with Crippen molar-refractivity contribution in [2.45, 2.75) is 6.92 Å². The first-order chi connectivity index (χ1) is 10.0. The number of ether oxygens (including phenoxy) is 2. The third-order valence-electron chi connectivity index (χ3n) is 2.98. The molecule has 0 bridgehead atoms. The lowest BCUT2D eigenvalue weighted by Crippen LogP contribution is -2.12. The van der Waals surface area contributed by atoms with Crippen LogP contribution >= 0.6 is 11.6 Å². The second kappa shape index (κ2) is 6.59. The maximum Gasteiger partial charge on any atom is 0.200 e. The molecule has 0 heterocycles. The van der Waals surface area contributed by atoms with Crippen LogP contribution in [0.15, 0.2) is 36.4 Å². The first-order valence-corrected chi connectivity index (χ1v) is 6.64. The normalized spacial score (nSPS) is 10.3. The number of ketones is 1. The molecule has 2 aromatic rings. The van der Waals surface area contributed by atoms with Crippen molar-refractivity contribution < 1.29 is 18.7 Å². The van der Waals surface area contributed by atoms with E-state index in [1.54, 1.807) is 25.1 Å². The topological polar surface area (TPSA) is 35.5 Å². The fourth-order valence-electron chi connectivity index (χ4n) is 1.80. The summed E-state index contributed by atoms with van der Waals surface area (Å²) in [4.78, 5) is 12.0. The largest absolute Gasteiger partial charge is 0.495 e. The third kappa shape index (κ3) is 3.73. The highest BCUT2D eigenvalue weighted by Crippen LogP contribution is 2.25. The second-order valence-corrected chi connectivity index (χ2v) is 4.88. The average molecular weight is 309 g/mol. The van der Waals surface area contributed by atoms with Crippen LogP contribution in [0.2, 0.25) is 5.02 Å². The zero-order valence-electron chi connectivity index (χ0n) is 11.7. The van der Waals surface area contributed by atoms with Gasteiger partial charge in [-0.2, -0.15) is 0 Å². The number of Topliss-reactive ketones (excluding diaryl/α,β-unsaturated/α-hetero) is 1. The van der Waals surface area contributed by atoms with Crippen LogP contribution in [0.1, 0.15) is 15.9 Å². The van der Waals surface area contributed by atoms with E-state index in [1.165, 1.54) is 25.3 Å². The summed E-state index contributed by atoms with van der Waals surface area (Å²) in [5.74, 6) is 0.192. The number of rotatable bonds is 5. The molecular weight excluding hydrogens is 295 g/mol. The zero-order valence-corrected chi connectivity index (χ0v) is 12.4. The van der Waals surface area contributed by atoms with Crippen molar-refractivity contribution >= 4 is 17.4 Å². The number of methoxy groups -OCH3 is 1. The van der Waals surface area contributed by atoms with Crippen molar-refractivity contribution in [3.05, 3.63) is 58.4 Å². The first-order valence-electron chi connectivity index (χ1n) is 6.27. The van der Waals surface area contributed by atoms with Gasteiger partial charge in [-0.05, 0) is 36.8 Å². The Morgan fingerprint density at radius 3 is 2.62 bits per heavy atom. The van der Waals surface area contributed by atoms with Crippen LogP contribution in [0.5, 0.6) is 11.5 Å². The van der Waals surface area contributed by atoms with Crippen molar-refractivity contribution in [2.75, 3.05) is 13.7 Å². The van der Waals surface area contributed by atoms with Gasteiger partial charge in [-0.1, -0.05) is 17.7 Å². The highest BCUT2D eigenvalue weighted by Gasteiger charge is 2.11. The quantitative estimate of drug-likeness (QED) is 0.781. The van der Waals surface area contributed by atoms with Gasteiger partial charge in [-0.15, -0.1) is 0 Å². The van der Waals surface area contributed by atoms with E-state index in [2.05, 4.69) is 0 Å². The lowest BCUT2D eigenvalue weighted by molar-refractivity contribution is 0.0921. The van der Waals surface area contributed by atoms with Gasteiger partial charge in [0, 0.05) is 11.6 Å². The van der Waals surface area contributed by atoms with Crippen molar-refractivity contribution in [3.63, 3.8) is 0 Å². The van der Waals surface area contributed by atoms with E-state index in [0.717, 1.165) is 5.56 Å². The van der Waals surface area contributed by atoms with Crippen LogP contribution in [-0.2, 0) is 0 Å². The molecule has 0 saturated carbocycles. The van der Waals surface area contributed by atoms with E-state index in [0.29, 0.717) is 22.1 Å². The molecule has 0 aliphatic heterocycles. The summed E-state index contributed by atoms with van der Waals surface area (Å²) in [6.45, 7) is 1.59. The number of hydrogen-bond donors (Lipinski definition) is 0. The molecule has 0 spiro atoms. The highest BCUT2D eigenvalue weighted by molar-refractivity contribution is 6.32. The smallest absolute Gasteiger partial charge is 0.200 e. The monoisotopic (exact) mass is 308 g/mol. The Morgan fingerprint density at radius 2 is 1.95 bits per heavy atom. The molecule has 2 aromatic carbocycles. The average Bonchev–Trinajstić information content (AvgIpc) is 2.47. The standard InChI is InChI=1S/C16H14ClFO3/c1-10-3-5-12(18)8-16(10)21-9-14(19)11-4-6-15(20-2)13(17)7-11/h3-8H,9H2,1-2H3. The Kier molecular flexibility index (Phi) is 4.81. The van der Waals surface area contributed by atoms with Gasteiger partial charge < -0.3 is 9.47 Å². The van der Waals surface area contributed by atoms with Gasteiger partial charge in [0.1, 0.15) is 17.3 Å². The molecule has 0 fully saturated rings. The molecule has 2 rings (SSSR count). The highest BCUT2D eigenvalue weighted by atomic mass is 35.5. The van der Waals surface area contributed by atoms with Crippen LogP contribution in [0.25, 0.3) is 0 Å². The summed E-state index contributed by atoms with van der Waals surface area (Å²) in [7, 11) is 1.50. The van der Waals surface area contributed by atoms with Crippen LogP contribution in [-0.4, -0.2) is 19.5 Å². The predicted molar refractivity (Wildman–Crippen MR) is 79.0 cm³/mol. The minimum absolute atomic E-state index is 0.188. The summed E-state index contributed by atoms with van der Waals surface area (Å²) < 4.78 is 23.5. The Balaban J connectivity index is 2.08. The number of halogens is 2. The fraction of sp³-hybridized carbons (Fsp3) is 0.188. The van der Waals surface area contributed by atoms with Gasteiger partial charge in [-0.25, -0.2) is 4.39 Å². The zero-order chi connectivity index (χ0) is 15.4. The van der Waals surface area contributed by atoms with E-state index in [4.69, 9.17) is 21.1 Å². The van der Waals surface area contributed by atoms with E-state index in [9.17, 15) is 9.18 Å². The minimum Gasteiger partial charge on any atom is -0.495 e. The number of carbonyl (C=O) groups excluding carboxylic acids is 1. The molecule has 5 heteroatoms. The number of hydrogen-bond acceptors (Lipinski definition) is 3. The molecule has 110 valence electrons. The summed E-state index contributed by atoms with van der Waals surface area (Å²) in [6, 6.07) is 8.93. The van der Waals surface area contributed by atoms with Crippen molar-refractivity contribution in [1.29, 1.82) is 0 Å². The number of aryl methyl sites for hydroxylation is 1. The Bertz CT molecular complexity index is 671. The molecule has 0 saturated heterocycles. The predicted octanol–water partition coefficient (Wildman–Crippen LogP) is 4.06. The van der Waals surface area contributed by atoms with E-state index < -0.39 is 5.82 Å².